The van der Waals surface area contributed by atoms with Gasteiger partial charge >= 0.3 is 0 Å². The number of nitrogens with one attached hydrogen (secondary N) is 1. The lowest BCUT2D eigenvalue weighted by atomic mass is 9.90. The fourth-order valence-electron chi connectivity index (χ4n) is 5.09. The minimum absolute atomic E-state index is 0.131. The Morgan fingerprint density at radius 1 is 1.12 bits per heavy atom. The molecule has 2 aromatic rings. The number of amides is 2. The summed E-state index contributed by atoms with van der Waals surface area (Å²) in [6.07, 6.45) is 7.89. The molecule has 0 bridgehead atoms. The summed E-state index contributed by atoms with van der Waals surface area (Å²) in [7, 11) is 0. The number of anilines is 1. The summed E-state index contributed by atoms with van der Waals surface area (Å²) in [6.45, 7) is 10.3. The van der Waals surface area contributed by atoms with E-state index in [0.29, 0.717) is 16.4 Å². The van der Waals surface area contributed by atoms with Crippen LogP contribution in [0.25, 0.3) is 0 Å². The highest BCUT2D eigenvalue weighted by molar-refractivity contribution is 6.31. The molecule has 0 spiro atoms. The molecular weight excluding hydrogens is 448 g/mol. The standard InChI is InChI=1S/C27H37ClN4O2/c1-18-13-14-19(28)15-21(18)32-24(33)22-16-23(26(2,3)4)30-31(22)17-27(32,5)25(34)29-20-11-9-7-6-8-10-12-20/h13-16,20H,6-12,17H2,1-5H3,(H,29,34). The van der Waals surface area contributed by atoms with E-state index in [2.05, 4.69) is 26.1 Å². The second kappa shape index (κ2) is 9.37. The van der Waals surface area contributed by atoms with E-state index in [4.69, 9.17) is 16.7 Å². The van der Waals surface area contributed by atoms with Crippen LogP contribution in [0.2, 0.25) is 5.02 Å². The monoisotopic (exact) mass is 484 g/mol. The highest BCUT2D eigenvalue weighted by Crippen LogP contribution is 2.37. The number of rotatable bonds is 3. The molecule has 6 nitrogen and oxygen atoms in total. The van der Waals surface area contributed by atoms with Gasteiger partial charge in [0.1, 0.15) is 11.2 Å². The summed E-state index contributed by atoms with van der Waals surface area (Å²) in [5.41, 5.74) is 1.55. The van der Waals surface area contributed by atoms with Gasteiger partial charge in [0.15, 0.2) is 0 Å². The second-order valence-corrected chi connectivity index (χ2v) is 11.6. The predicted molar refractivity (Wildman–Crippen MR) is 137 cm³/mol. The average Bonchev–Trinajstić information content (AvgIpc) is 3.17. The van der Waals surface area contributed by atoms with Crippen molar-refractivity contribution in [3.63, 3.8) is 0 Å². The third kappa shape index (κ3) is 4.74. The second-order valence-electron chi connectivity index (χ2n) is 11.2. The molecule has 1 aromatic heterocycles. The van der Waals surface area contributed by atoms with Crippen molar-refractivity contribution in [1.82, 2.24) is 15.1 Å². The highest BCUT2D eigenvalue weighted by atomic mass is 35.5. The van der Waals surface area contributed by atoms with E-state index in [1.807, 2.05) is 32.0 Å². The lowest BCUT2D eigenvalue weighted by Crippen LogP contribution is -2.65. The van der Waals surface area contributed by atoms with Crippen molar-refractivity contribution in [2.75, 3.05) is 4.90 Å². The third-order valence-electron chi connectivity index (χ3n) is 7.26. The number of halogens is 1. The molecule has 1 N–H and O–H groups in total. The lowest BCUT2D eigenvalue weighted by molar-refractivity contribution is -0.127. The molecule has 34 heavy (non-hydrogen) atoms. The van der Waals surface area contributed by atoms with E-state index in [1.165, 1.54) is 19.3 Å². The summed E-state index contributed by atoms with van der Waals surface area (Å²) in [5.74, 6) is -0.362. The quantitative estimate of drug-likeness (QED) is 0.599. The Morgan fingerprint density at radius 2 is 1.76 bits per heavy atom. The van der Waals surface area contributed by atoms with Crippen LogP contribution >= 0.6 is 11.6 Å². The molecule has 2 heterocycles. The van der Waals surface area contributed by atoms with Gasteiger partial charge < -0.3 is 5.32 Å². The third-order valence-corrected chi connectivity index (χ3v) is 7.50. The summed E-state index contributed by atoms with van der Waals surface area (Å²) < 4.78 is 1.72. The topological polar surface area (TPSA) is 67.2 Å². The molecule has 1 unspecified atom stereocenters. The van der Waals surface area contributed by atoms with Crippen molar-refractivity contribution >= 4 is 29.1 Å². The van der Waals surface area contributed by atoms with Gasteiger partial charge in [-0.05, 0) is 50.5 Å². The van der Waals surface area contributed by atoms with Gasteiger partial charge in [-0.2, -0.15) is 5.10 Å². The van der Waals surface area contributed by atoms with Crippen LogP contribution in [0, 0.1) is 6.92 Å². The van der Waals surface area contributed by atoms with Gasteiger partial charge in [-0.1, -0.05) is 70.5 Å². The van der Waals surface area contributed by atoms with Crippen LogP contribution in [-0.4, -0.2) is 33.2 Å². The molecule has 1 aliphatic heterocycles. The molecule has 1 aliphatic carbocycles. The van der Waals surface area contributed by atoms with Gasteiger partial charge in [-0.25, -0.2) is 0 Å². The van der Waals surface area contributed by atoms with Gasteiger partial charge in [-0.3, -0.25) is 19.2 Å². The minimum atomic E-state index is -1.14. The zero-order chi connectivity index (χ0) is 24.7. The maximum absolute atomic E-state index is 14.0. The Morgan fingerprint density at radius 3 is 2.41 bits per heavy atom. The Labute approximate surface area is 208 Å². The smallest absolute Gasteiger partial charge is 0.277 e. The van der Waals surface area contributed by atoms with Crippen LogP contribution in [0.4, 0.5) is 5.69 Å². The normalized spacial score (nSPS) is 22.2. The molecule has 0 saturated heterocycles. The first-order chi connectivity index (χ1) is 16.0. The van der Waals surface area contributed by atoms with Gasteiger partial charge in [-0.15, -0.1) is 0 Å². The van der Waals surface area contributed by atoms with Crippen molar-refractivity contribution in [3.05, 3.63) is 46.2 Å². The molecule has 2 aliphatic rings. The van der Waals surface area contributed by atoms with Gasteiger partial charge in [0, 0.05) is 22.2 Å². The average molecular weight is 485 g/mol. The van der Waals surface area contributed by atoms with Crippen LogP contribution in [0.5, 0.6) is 0 Å². The summed E-state index contributed by atoms with van der Waals surface area (Å²) in [4.78, 5) is 29.6. The molecule has 1 atom stereocenters. The Balaban J connectivity index is 1.76. The van der Waals surface area contributed by atoms with Crippen LogP contribution in [0.3, 0.4) is 0 Å². The number of aryl methyl sites for hydroxylation is 1. The van der Waals surface area contributed by atoms with Crippen LogP contribution < -0.4 is 10.2 Å². The van der Waals surface area contributed by atoms with E-state index in [1.54, 1.807) is 15.6 Å². The van der Waals surface area contributed by atoms with E-state index >= 15 is 0 Å². The highest BCUT2D eigenvalue weighted by Gasteiger charge is 2.50. The molecule has 1 fully saturated rings. The molecule has 0 radical (unpaired) electrons. The first-order valence-electron chi connectivity index (χ1n) is 12.5. The summed E-state index contributed by atoms with van der Waals surface area (Å²) >= 11 is 6.35. The van der Waals surface area contributed by atoms with E-state index in [-0.39, 0.29) is 29.8 Å². The number of hydrogen-bond acceptors (Lipinski definition) is 3. The maximum atomic E-state index is 14.0. The predicted octanol–water partition coefficient (Wildman–Crippen LogP) is 5.79. The number of carbonyl (C=O) groups excluding carboxylic acids is 2. The summed E-state index contributed by atoms with van der Waals surface area (Å²) in [6, 6.07) is 7.48. The van der Waals surface area contributed by atoms with Crippen molar-refractivity contribution in [3.8, 4) is 0 Å². The number of aromatic nitrogens is 2. The lowest BCUT2D eigenvalue weighted by Gasteiger charge is -2.44. The number of benzene rings is 1. The summed E-state index contributed by atoms with van der Waals surface area (Å²) in [5, 5.41) is 8.60. The Bertz CT molecular complexity index is 1080. The number of carbonyl (C=O) groups is 2. The van der Waals surface area contributed by atoms with E-state index in [9.17, 15) is 9.59 Å². The van der Waals surface area contributed by atoms with Crippen molar-refractivity contribution < 1.29 is 9.59 Å². The van der Waals surface area contributed by atoms with Gasteiger partial charge in [0.25, 0.3) is 5.91 Å². The van der Waals surface area contributed by atoms with E-state index < -0.39 is 5.54 Å². The fraction of sp³-hybridized carbons (Fsp3) is 0.593. The maximum Gasteiger partial charge on any atom is 0.277 e. The molecule has 1 saturated carbocycles. The van der Waals surface area contributed by atoms with Crippen LogP contribution in [-0.2, 0) is 16.8 Å². The number of nitrogens with zero attached hydrogens (tertiary/aromatic N) is 3. The zero-order valence-corrected chi connectivity index (χ0v) is 21.8. The SMILES string of the molecule is Cc1ccc(Cl)cc1N1C(=O)c2cc(C(C)(C)C)nn2CC1(C)C(=O)NC1CCCCCCC1. The van der Waals surface area contributed by atoms with E-state index in [0.717, 1.165) is 36.9 Å². The minimum Gasteiger partial charge on any atom is -0.351 e. The van der Waals surface area contributed by atoms with Crippen LogP contribution in [0.15, 0.2) is 24.3 Å². The molecule has 1 aromatic carbocycles. The zero-order valence-electron chi connectivity index (χ0n) is 21.1. The molecule has 4 rings (SSSR count). The number of hydrogen-bond donors (Lipinski definition) is 1. The number of fused-ring (bicyclic) bond motifs is 1. The molecule has 7 heteroatoms. The van der Waals surface area contributed by atoms with Crippen LogP contribution in [0.1, 0.15) is 94.4 Å². The molecule has 2 amide bonds. The Hall–Kier alpha value is -2.34. The Kier molecular flexibility index (Phi) is 6.83. The first-order valence-corrected chi connectivity index (χ1v) is 12.9. The fourth-order valence-corrected chi connectivity index (χ4v) is 5.26. The largest absolute Gasteiger partial charge is 0.351 e. The van der Waals surface area contributed by atoms with Crippen molar-refractivity contribution in [2.45, 2.75) is 103 Å². The van der Waals surface area contributed by atoms with Crippen molar-refractivity contribution in [1.29, 1.82) is 0 Å². The first kappa shape index (κ1) is 24.8. The molecule has 184 valence electrons. The van der Waals surface area contributed by atoms with Crippen molar-refractivity contribution in [2.24, 2.45) is 0 Å². The van der Waals surface area contributed by atoms with Gasteiger partial charge in [0.2, 0.25) is 5.91 Å². The molecular formula is C27H37ClN4O2. The van der Waals surface area contributed by atoms with Gasteiger partial charge in [0.05, 0.1) is 12.2 Å².